The molecule has 0 bridgehead atoms. The molecule has 0 saturated heterocycles. The minimum Gasteiger partial charge on any atom is -0.316 e. The number of carbonyl (C=O) groups excluding carboxylic acids is 1. The maximum absolute atomic E-state index is 12.0. The third-order valence-corrected chi connectivity index (χ3v) is 4.98. The number of carbonyl (C=O) groups is 1. The van der Waals surface area contributed by atoms with Crippen molar-refractivity contribution in [1.29, 1.82) is 5.26 Å². The van der Waals surface area contributed by atoms with Gasteiger partial charge in [0.15, 0.2) is 0 Å². The molecule has 7 heteroatoms. The molecule has 0 saturated carbocycles. The van der Waals surface area contributed by atoms with Gasteiger partial charge in [-0.15, -0.1) is 11.3 Å². The number of anilines is 1. The number of fused-ring (bicyclic) bond motifs is 1. The van der Waals surface area contributed by atoms with Crippen molar-refractivity contribution in [2.75, 3.05) is 11.1 Å². The fourth-order valence-electron chi connectivity index (χ4n) is 2.00. The highest BCUT2D eigenvalue weighted by Gasteiger charge is 2.11. The second-order valence-corrected chi connectivity index (χ2v) is 6.60. The summed E-state index contributed by atoms with van der Waals surface area (Å²) in [6, 6.07) is 11.4. The van der Waals surface area contributed by atoms with Crippen LogP contribution in [0.1, 0.15) is 11.3 Å². The van der Waals surface area contributed by atoms with Crippen molar-refractivity contribution < 1.29 is 4.79 Å². The van der Waals surface area contributed by atoms with Crippen LogP contribution in [0.3, 0.4) is 0 Å². The molecule has 0 atom stereocenters. The van der Waals surface area contributed by atoms with E-state index in [1.54, 1.807) is 11.4 Å². The van der Waals surface area contributed by atoms with Crippen LogP contribution in [0.5, 0.6) is 0 Å². The van der Waals surface area contributed by atoms with Crippen LogP contribution < -0.4 is 5.32 Å². The molecule has 23 heavy (non-hydrogen) atoms. The monoisotopic (exact) mass is 340 g/mol. The second-order valence-electron chi connectivity index (χ2n) is 4.71. The van der Waals surface area contributed by atoms with Crippen LogP contribution in [0.25, 0.3) is 11.0 Å². The number of hydrogen-bond acceptors (Lipinski definition) is 6. The van der Waals surface area contributed by atoms with Gasteiger partial charge in [-0.05, 0) is 30.5 Å². The summed E-state index contributed by atoms with van der Waals surface area (Å²) in [5.41, 5.74) is 2.94. The molecule has 3 aromatic rings. The normalized spacial score (nSPS) is 10.4. The summed E-state index contributed by atoms with van der Waals surface area (Å²) in [6.07, 6.45) is 0. The average Bonchev–Trinajstić information content (AvgIpc) is 3.00. The zero-order chi connectivity index (χ0) is 16.2. The van der Waals surface area contributed by atoms with E-state index in [1.165, 1.54) is 23.1 Å². The average molecular weight is 340 g/mol. The van der Waals surface area contributed by atoms with Crippen LogP contribution in [0.4, 0.5) is 5.00 Å². The highest BCUT2D eigenvalue weighted by Crippen LogP contribution is 2.24. The molecule has 0 spiro atoms. The number of aryl methyl sites for hydroxylation is 1. The van der Waals surface area contributed by atoms with Gasteiger partial charge in [-0.3, -0.25) is 4.79 Å². The second kappa shape index (κ2) is 6.77. The molecule has 0 aliphatic carbocycles. The molecule has 2 aromatic heterocycles. The molecule has 2 heterocycles. The van der Waals surface area contributed by atoms with Gasteiger partial charge < -0.3 is 5.32 Å². The highest BCUT2D eigenvalue weighted by molar-refractivity contribution is 8.00. The van der Waals surface area contributed by atoms with Gasteiger partial charge in [-0.25, -0.2) is 9.97 Å². The molecule has 0 fully saturated rings. The van der Waals surface area contributed by atoms with E-state index < -0.39 is 0 Å². The molecule has 0 aliphatic rings. The smallest absolute Gasteiger partial charge is 0.235 e. The van der Waals surface area contributed by atoms with Crippen molar-refractivity contribution >= 4 is 45.0 Å². The van der Waals surface area contributed by atoms with Crippen molar-refractivity contribution in [2.45, 2.75) is 11.9 Å². The molecule has 1 N–H and O–H groups in total. The summed E-state index contributed by atoms with van der Waals surface area (Å²) in [7, 11) is 0. The Bertz CT molecular complexity index is 914. The van der Waals surface area contributed by atoms with Crippen molar-refractivity contribution in [3.8, 4) is 6.07 Å². The molecular weight excluding hydrogens is 328 g/mol. The molecule has 1 aromatic carbocycles. The fraction of sp³-hybridized carbons (Fsp3) is 0.125. The van der Waals surface area contributed by atoms with E-state index in [9.17, 15) is 4.79 Å². The quantitative estimate of drug-likeness (QED) is 0.734. The number of amides is 1. The van der Waals surface area contributed by atoms with Crippen LogP contribution >= 0.6 is 23.1 Å². The first-order chi connectivity index (χ1) is 11.2. The predicted molar refractivity (Wildman–Crippen MR) is 92.7 cm³/mol. The van der Waals surface area contributed by atoms with Crippen molar-refractivity contribution in [3.63, 3.8) is 0 Å². The Morgan fingerprint density at radius 3 is 2.78 bits per heavy atom. The van der Waals surface area contributed by atoms with Gasteiger partial charge in [0.1, 0.15) is 16.1 Å². The molecular formula is C16H12N4OS2. The topological polar surface area (TPSA) is 78.7 Å². The van der Waals surface area contributed by atoms with E-state index in [1.807, 2.05) is 31.2 Å². The molecule has 1 amide bonds. The Morgan fingerprint density at radius 2 is 2.04 bits per heavy atom. The van der Waals surface area contributed by atoms with E-state index in [4.69, 9.17) is 5.26 Å². The van der Waals surface area contributed by atoms with Gasteiger partial charge in [0, 0.05) is 0 Å². The maximum Gasteiger partial charge on any atom is 0.235 e. The van der Waals surface area contributed by atoms with Crippen LogP contribution in [-0.4, -0.2) is 21.6 Å². The first-order valence-corrected chi connectivity index (χ1v) is 8.67. The maximum atomic E-state index is 12.0. The minimum atomic E-state index is -0.164. The minimum absolute atomic E-state index is 0.164. The number of nitriles is 1. The fourth-order valence-corrected chi connectivity index (χ4v) is 3.51. The zero-order valence-corrected chi connectivity index (χ0v) is 13.9. The number of aromatic nitrogens is 2. The number of thiophene rings is 1. The molecule has 0 radical (unpaired) electrons. The van der Waals surface area contributed by atoms with E-state index in [0.717, 1.165) is 21.8 Å². The molecule has 0 aliphatic heterocycles. The highest BCUT2D eigenvalue weighted by atomic mass is 32.2. The Balaban J connectivity index is 1.69. The number of nitrogens with zero attached hydrogens (tertiary/aromatic N) is 3. The predicted octanol–water partition coefficient (Wildman–Crippen LogP) is 3.60. The van der Waals surface area contributed by atoms with E-state index in [0.29, 0.717) is 10.6 Å². The summed E-state index contributed by atoms with van der Waals surface area (Å²) in [6.45, 7) is 1.88. The van der Waals surface area contributed by atoms with Crippen LogP contribution in [-0.2, 0) is 4.79 Å². The number of rotatable bonds is 4. The van der Waals surface area contributed by atoms with Crippen LogP contribution in [0.15, 0.2) is 40.7 Å². The summed E-state index contributed by atoms with van der Waals surface area (Å²) in [4.78, 5) is 21.1. The molecule has 3 rings (SSSR count). The Labute approximate surface area is 141 Å². The number of hydrogen-bond donors (Lipinski definition) is 1. The van der Waals surface area contributed by atoms with Crippen molar-refractivity contribution in [1.82, 2.24) is 9.97 Å². The van der Waals surface area contributed by atoms with E-state index in [2.05, 4.69) is 21.4 Å². The molecule has 5 nitrogen and oxygen atoms in total. The zero-order valence-electron chi connectivity index (χ0n) is 12.2. The standard InChI is InChI=1S/C16H12N4OS2/c1-10-15(19-13-5-3-2-4-12(13)18-10)23-9-14(21)20-16-11(8-17)6-7-22-16/h2-7H,9H2,1H3,(H,20,21). The SMILES string of the molecule is Cc1nc2ccccc2nc1SCC(=O)Nc1sccc1C#N. The van der Waals surface area contributed by atoms with Gasteiger partial charge in [0.25, 0.3) is 0 Å². The third-order valence-electron chi connectivity index (χ3n) is 3.08. The van der Waals surface area contributed by atoms with Gasteiger partial charge >= 0.3 is 0 Å². The molecule has 114 valence electrons. The first-order valence-electron chi connectivity index (χ1n) is 6.81. The molecule has 0 unspecified atom stereocenters. The summed E-state index contributed by atoms with van der Waals surface area (Å²) >= 11 is 2.68. The van der Waals surface area contributed by atoms with Crippen LogP contribution in [0.2, 0.25) is 0 Å². The Morgan fingerprint density at radius 1 is 1.30 bits per heavy atom. The van der Waals surface area contributed by atoms with Gasteiger partial charge in [-0.1, -0.05) is 23.9 Å². The van der Waals surface area contributed by atoms with Gasteiger partial charge in [0.05, 0.1) is 28.0 Å². The number of benzene rings is 1. The summed E-state index contributed by atoms with van der Waals surface area (Å²) < 4.78 is 0. The van der Waals surface area contributed by atoms with Gasteiger partial charge in [0.2, 0.25) is 5.91 Å². The van der Waals surface area contributed by atoms with E-state index >= 15 is 0 Å². The Kier molecular flexibility index (Phi) is 4.55. The number of thioether (sulfide) groups is 1. The van der Waals surface area contributed by atoms with Crippen LogP contribution in [0, 0.1) is 18.3 Å². The third kappa shape index (κ3) is 3.50. The summed E-state index contributed by atoms with van der Waals surface area (Å²) in [5, 5.41) is 14.8. The first kappa shape index (κ1) is 15.5. The Hall–Kier alpha value is -2.43. The lowest BCUT2D eigenvalue weighted by Gasteiger charge is -2.06. The lowest BCUT2D eigenvalue weighted by molar-refractivity contribution is -0.113. The van der Waals surface area contributed by atoms with Crippen molar-refractivity contribution in [3.05, 3.63) is 47.0 Å². The van der Waals surface area contributed by atoms with E-state index in [-0.39, 0.29) is 11.7 Å². The van der Waals surface area contributed by atoms with Gasteiger partial charge in [-0.2, -0.15) is 5.26 Å². The van der Waals surface area contributed by atoms with Crippen molar-refractivity contribution in [2.24, 2.45) is 0 Å². The lowest BCUT2D eigenvalue weighted by atomic mass is 10.3. The summed E-state index contributed by atoms with van der Waals surface area (Å²) in [5.74, 6) is 0.0553. The lowest BCUT2D eigenvalue weighted by Crippen LogP contribution is -2.14. The number of para-hydroxylation sites is 2. The number of nitrogens with one attached hydrogen (secondary N) is 1. The largest absolute Gasteiger partial charge is 0.316 e.